The summed E-state index contributed by atoms with van der Waals surface area (Å²) in [5.41, 5.74) is -0.749. The fourth-order valence-electron chi connectivity index (χ4n) is 3.15. The molecular formula is C27H35ClN2O6. The molecule has 0 heterocycles. The third-order valence-electron chi connectivity index (χ3n) is 5.05. The Kier molecular flexibility index (Phi) is 10.3. The molecule has 0 saturated carbocycles. The van der Waals surface area contributed by atoms with E-state index >= 15 is 0 Å². The molecule has 2 amide bonds. The fraction of sp³-hybridized carbons (Fsp3) is 0.444. The van der Waals surface area contributed by atoms with Crippen LogP contribution in [0.15, 0.2) is 48.5 Å². The van der Waals surface area contributed by atoms with Crippen molar-refractivity contribution in [1.29, 1.82) is 0 Å². The molecule has 2 aromatic carbocycles. The zero-order valence-electron chi connectivity index (χ0n) is 21.4. The van der Waals surface area contributed by atoms with E-state index in [2.05, 4.69) is 10.6 Å². The number of ketones is 1. The number of halogens is 1. The first kappa shape index (κ1) is 29.1. The lowest BCUT2D eigenvalue weighted by Crippen LogP contribution is -2.47. The first-order chi connectivity index (χ1) is 16.8. The summed E-state index contributed by atoms with van der Waals surface area (Å²) in [6, 6.07) is 13.2. The molecule has 8 nitrogen and oxygen atoms in total. The van der Waals surface area contributed by atoms with E-state index in [0.717, 1.165) is 0 Å². The van der Waals surface area contributed by atoms with Crippen LogP contribution in [0.5, 0.6) is 5.75 Å². The number of hydrogen-bond acceptors (Lipinski definition) is 6. The summed E-state index contributed by atoms with van der Waals surface area (Å²) in [6.07, 6.45) is -0.589. The molecule has 0 aliphatic rings. The highest BCUT2D eigenvalue weighted by Crippen LogP contribution is 2.21. The van der Waals surface area contributed by atoms with Gasteiger partial charge in [-0.2, -0.15) is 0 Å². The average molecular weight is 519 g/mol. The van der Waals surface area contributed by atoms with Gasteiger partial charge in [-0.1, -0.05) is 11.6 Å². The maximum atomic E-state index is 12.6. The molecule has 3 N–H and O–H groups in total. The van der Waals surface area contributed by atoms with Crippen molar-refractivity contribution in [2.24, 2.45) is 0 Å². The second kappa shape index (κ2) is 12.7. The van der Waals surface area contributed by atoms with Gasteiger partial charge in [-0.3, -0.25) is 9.59 Å². The highest BCUT2D eigenvalue weighted by Gasteiger charge is 2.30. The predicted octanol–water partition coefficient (Wildman–Crippen LogP) is 4.51. The Labute approximate surface area is 217 Å². The van der Waals surface area contributed by atoms with Gasteiger partial charge in [-0.25, -0.2) is 4.79 Å². The molecule has 0 fully saturated rings. The maximum Gasteiger partial charge on any atom is 0.407 e. The number of carbonyl (C=O) groups is 3. The molecular weight excluding hydrogens is 484 g/mol. The lowest BCUT2D eigenvalue weighted by Gasteiger charge is -2.25. The van der Waals surface area contributed by atoms with Gasteiger partial charge in [0.2, 0.25) is 0 Å². The molecule has 1 unspecified atom stereocenters. The highest BCUT2D eigenvalue weighted by atomic mass is 35.5. The van der Waals surface area contributed by atoms with Crippen LogP contribution in [0.3, 0.4) is 0 Å². The van der Waals surface area contributed by atoms with Gasteiger partial charge in [0.15, 0.2) is 11.4 Å². The summed E-state index contributed by atoms with van der Waals surface area (Å²) in [5.74, 6) is -0.0472. The van der Waals surface area contributed by atoms with E-state index in [-0.39, 0.29) is 24.8 Å². The van der Waals surface area contributed by atoms with Crippen LogP contribution in [0, 0.1) is 0 Å². The summed E-state index contributed by atoms with van der Waals surface area (Å²) < 4.78 is 11.0. The molecule has 0 saturated heterocycles. The van der Waals surface area contributed by atoms with Crippen LogP contribution in [-0.4, -0.2) is 53.3 Å². The van der Waals surface area contributed by atoms with Gasteiger partial charge < -0.3 is 25.2 Å². The summed E-state index contributed by atoms with van der Waals surface area (Å²) in [5, 5.41) is 16.0. The molecule has 2 aromatic rings. The van der Waals surface area contributed by atoms with E-state index in [1.807, 2.05) is 0 Å². The third kappa shape index (κ3) is 9.87. The summed E-state index contributed by atoms with van der Waals surface area (Å²) in [7, 11) is 0. The largest absolute Gasteiger partial charge is 0.478 e. The van der Waals surface area contributed by atoms with Gasteiger partial charge >= 0.3 is 6.09 Å². The van der Waals surface area contributed by atoms with E-state index in [9.17, 15) is 19.5 Å². The SMILES string of the molecule is CC(C)(C)OC(=O)NCCC(O)CCNC(=O)C(C)(C)Oc1ccc(C(=O)c2ccc(Cl)cc2)cc1. The minimum Gasteiger partial charge on any atom is -0.478 e. The van der Waals surface area contributed by atoms with Gasteiger partial charge in [0.05, 0.1) is 6.10 Å². The topological polar surface area (TPSA) is 114 Å². The van der Waals surface area contributed by atoms with Crippen LogP contribution < -0.4 is 15.4 Å². The van der Waals surface area contributed by atoms with Gasteiger partial charge in [-0.05, 0) is 96.0 Å². The number of rotatable bonds is 11. The lowest BCUT2D eigenvalue weighted by molar-refractivity contribution is -0.134. The molecule has 2 rings (SSSR count). The van der Waals surface area contributed by atoms with Crippen molar-refractivity contribution in [2.45, 2.75) is 64.8 Å². The minimum absolute atomic E-state index is 0.143. The number of aliphatic hydroxyl groups excluding tert-OH is 1. The van der Waals surface area contributed by atoms with Crippen molar-refractivity contribution in [2.75, 3.05) is 13.1 Å². The van der Waals surface area contributed by atoms with E-state index in [1.54, 1.807) is 83.1 Å². The second-order valence-electron chi connectivity index (χ2n) is 9.89. The first-order valence-corrected chi connectivity index (χ1v) is 12.2. The van der Waals surface area contributed by atoms with Crippen LogP contribution >= 0.6 is 11.6 Å². The van der Waals surface area contributed by atoms with Crippen LogP contribution in [-0.2, 0) is 9.53 Å². The average Bonchev–Trinajstić information content (AvgIpc) is 2.78. The monoisotopic (exact) mass is 518 g/mol. The van der Waals surface area contributed by atoms with Gasteiger partial charge in [0, 0.05) is 29.2 Å². The predicted molar refractivity (Wildman–Crippen MR) is 139 cm³/mol. The summed E-state index contributed by atoms with van der Waals surface area (Å²) in [4.78, 5) is 36.8. The Morgan fingerprint density at radius 2 is 1.36 bits per heavy atom. The first-order valence-electron chi connectivity index (χ1n) is 11.8. The zero-order valence-corrected chi connectivity index (χ0v) is 22.1. The van der Waals surface area contributed by atoms with Crippen LogP contribution in [0.4, 0.5) is 4.79 Å². The number of aliphatic hydroxyl groups is 1. The highest BCUT2D eigenvalue weighted by molar-refractivity contribution is 6.30. The van der Waals surface area contributed by atoms with E-state index in [4.69, 9.17) is 21.1 Å². The summed E-state index contributed by atoms with van der Waals surface area (Å²) in [6.45, 7) is 9.09. The van der Waals surface area contributed by atoms with Crippen molar-refractivity contribution in [3.8, 4) is 5.75 Å². The molecule has 0 aromatic heterocycles. The quantitative estimate of drug-likeness (QED) is 0.377. The Morgan fingerprint density at radius 1 is 0.861 bits per heavy atom. The van der Waals surface area contributed by atoms with Crippen LogP contribution in [0.2, 0.25) is 5.02 Å². The van der Waals surface area contributed by atoms with Crippen molar-refractivity contribution in [3.05, 3.63) is 64.7 Å². The molecule has 0 aliphatic heterocycles. The number of ether oxygens (including phenoxy) is 2. The van der Waals surface area contributed by atoms with Crippen LogP contribution in [0.25, 0.3) is 0 Å². The Hall–Kier alpha value is -3.10. The van der Waals surface area contributed by atoms with E-state index in [1.165, 1.54) is 0 Å². The molecule has 9 heteroatoms. The van der Waals surface area contributed by atoms with Gasteiger partial charge in [-0.15, -0.1) is 0 Å². The smallest absolute Gasteiger partial charge is 0.407 e. The van der Waals surface area contributed by atoms with Crippen molar-refractivity contribution < 1.29 is 29.0 Å². The Balaban J connectivity index is 1.77. The third-order valence-corrected chi connectivity index (χ3v) is 5.30. The van der Waals surface area contributed by atoms with Crippen molar-refractivity contribution in [1.82, 2.24) is 10.6 Å². The molecule has 0 radical (unpaired) electrons. The molecule has 0 bridgehead atoms. The number of amides is 2. The fourth-order valence-corrected chi connectivity index (χ4v) is 3.27. The molecule has 1 atom stereocenters. The molecule has 0 aliphatic carbocycles. The Bertz CT molecular complexity index is 1030. The second-order valence-corrected chi connectivity index (χ2v) is 10.3. The number of carbonyl (C=O) groups excluding carboxylic acids is 3. The number of alkyl carbamates (subject to hydrolysis) is 1. The normalized spacial score (nSPS) is 12.4. The Morgan fingerprint density at radius 3 is 1.89 bits per heavy atom. The molecule has 36 heavy (non-hydrogen) atoms. The maximum absolute atomic E-state index is 12.6. The number of hydrogen-bond donors (Lipinski definition) is 3. The number of benzene rings is 2. The van der Waals surface area contributed by atoms with Gasteiger partial charge in [0.25, 0.3) is 5.91 Å². The zero-order chi connectivity index (χ0) is 26.9. The lowest BCUT2D eigenvalue weighted by atomic mass is 10.0. The molecule has 196 valence electrons. The molecule has 0 spiro atoms. The minimum atomic E-state index is -1.18. The van der Waals surface area contributed by atoms with Gasteiger partial charge in [0.1, 0.15) is 11.4 Å². The standard InChI is InChI=1S/C27H35ClN2O6/c1-26(2,3)36-25(34)30-17-15-21(31)14-16-29-24(33)27(4,5)35-22-12-8-19(9-13-22)23(32)18-6-10-20(28)11-7-18/h6-13,21,31H,14-17H2,1-5H3,(H,29,33)(H,30,34). The van der Waals surface area contributed by atoms with Crippen molar-refractivity contribution in [3.63, 3.8) is 0 Å². The van der Waals surface area contributed by atoms with E-state index in [0.29, 0.717) is 34.7 Å². The number of nitrogens with one attached hydrogen (secondary N) is 2. The van der Waals surface area contributed by atoms with E-state index < -0.39 is 23.4 Å². The van der Waals surface area contributed by atoms with Crippen molar-refractivity contribution >= 4 is 29.4 Å². The van der Waals surface area contributed by atoms with Crippen LogP contribution in [0.1, 0.15) is 63.4 Å². The summed E-state index contributed by atoms with van der Waals surface area (Å²) >= 11 is 5.87.